The molecule has 0 aliphatic carbocycles. The van der Waals surface area contributed by atoms with Gasteiger partial charge in [-0.2, -0.15) is 12.7 Å². The van der Waals surface area contributed by atoms with Crippen LogP contribution in [0.2, 0.25) is 10.0 Å². The molecule has 0 bridgehead atoms. The Labute approximate surface area is 208 Å². The first kappa shape index (κ1) is 24.5. The molecule has 0 spiro atoms. The first-order valence-electron chi connectivity index (χ1n) is 10.7. The van der Waals surface area contributed by atoms with Gasteiger partial charge in [0.1, 0.15) is 5.69 Å². The summed E-state index contributed by atoms with van der Waals surface area (Å²) in [5.74, 6) is -0.947. The molecule has 1 saturated heterocycles. The van der Waals surface area contributed by atoms with Crippen molar-refractivity contribution < 1.29 is 18.0 Å². The molecule has 11 heteroatoms. The van der Waals surface area contributed by atoms with E-state index in [1.165, 1.54) is 4.31 Å². The lowest BCUT2D eigenvalue weighted by Crippen LogP contribution is -2.51. The smallest absolute Gasteiger partial charge is 0.304 e. The van der Waals surface area contributed by atoms with Crippen LogP contribution in [0.5, 0.6) is 0 Å². The standard InChI is InChI=1S/C23H24Cl2N4O4S/c1-14(30)27-34(32,33)29-11-10-16(12-20(29)15-6-4-3-5-7-15)26-23(31)21-13-17-19(28(21)2)9-8-18(24)22(17)25/h3-9,13,16,20H,10-12H2,1-2H3,(H,26,31)(H,27,30). The molecule has 2 N–H and O–H groups in total. The topological polar surface area (TPSA) is 101 Å². The second kappa shape index (κ2) is 9.58. The highest BCUT2D eigenvalue weighted by Crippen LogP contribution is 2.34. The Morgan fingerprint density at radius 1 is 1.09 bits per heavy atom. The highest BCUT2D eigenvalue weighted by atomic mass is 35.5. The zero-order valence-corrected chi connectivity index (χ0v) is 20.9. The Bertz CT molecular complexity index is 1360. The molecule has 1 fully saturated rings. The predicted octanol–water partition coefficient (Wildman–Crippen LogP) is 3.80. The molecular formula is C23H24Cl2N4O4S. The van der Waals surface area contributed by atoms with Crippen LogP contribution in [-0.2, 0) is 22.1 Å². The number of benzene rings is 2. The van der Waals surface area contributed by atoms with Gasteiger partial charge in [-0.05, 0) is 36.6 Å². The monoisotopic (exact) mass is 522 g/mol. The summed E-state index contributed by atoms with van der Waals surface area (Å²) in [6.07, 6.45) is 0.746. The van der Waals surface area contributed by atoms with Crippen LogP contribution < -0.4 is 10.0 Å². The Morgan fingerprint density at radius 2 is 1.79 bits per heavy atom. The summed E-state index contributed by atoms with van der Waals surface area (Å²) in [4.78, 5) is 24.6. The van der Waals surface area contributed by atoms with Crippen LogP contribution >= 0.6 is 23.2 Å². The van der Waals surface area contributed by atoms with Gasteiger partial charge in [0.2, 0.25) is 5.91 Å². The lowest BCUT2D eigenvalue weighted by atomic mass is 9.93. The van der Waals surface area contributed by atoms with Crippen molar-refractivity contribution in [3.8, 4) is 0 Å². The third kappa shape index (κ3) is 4.79. The maximum absolute atomic E-state index is 13.2. The molecule has 2 unspecified atom stereocenters. The summed E-state index contributed by atoms with van der Waals surface area (Å²) < 4.78 is 30.7. The van der Waals surface area contributed by atoms with Gasteiger partial charge in [-0.15, -0.1) is 0 Å². The number of nitrogens with one attached hydrogen (secondary N) is 2. The quantitative estimate of drug-likeness (QED) is 0.532. The van der Waals surface area contributed by atoms with Gasteiger partial charge in [-0.25, -0.2) is 4.72 Å². The van der Waals surface area contributed by atoms with E-state index in [1.807, 2.05) is 35.1 Å². The highest BCUT2D eigenvalue weighted by molar-refractivity contribution is 7.87. The van der Waals surface area contributed by atoms with Crippen molar-refractivity contribution in [1.82, 2.24) is 18.9 Å². The fourth-order valence-electron chi connectivity index (χ4n) is 4.41. The largest absolute Gasteiger partial charge is 0.348 e. The van der Waals surface area contributed by atoms with E-state index in [-0.39, 0.29) is 18.5 Å². The van der Waals surface area contributed by atoms with Crippen molar-refractivity contribution in [2.75, 3.05) is 6.54 Å². The predicted molar refractivity (Wildman–Crippen MR) is 132 cm³/mol. The molecule has 180 valence electrons. The third-order valence-corrected chi connectivity index (χ3v) is 8.42. The minimum Gasteiger partial charge on any atom is -0.348 e. The van der Waals surface area contributed by atoms with Crippen LogP contribution in [0.25, 0.3) is 10.9 Å². The van der Waals surface area contributed by atoms with Crippen LogP contribution in [0.15, 0.2) is 48.5 Å². The molecule has 2 aromatic carbocycles. The van der Waals surface area contributed by atoms with Crippen molar-refractivity contribution in [1.29, 1.82) is 0 Å². The van der Waals surface area contributed by atoms with Crippen LogP contribution in [0.3, 0.4) is 0 Å². The molecule has 2 heterocycles. The number of carbonyl (C=O) groups excluding carboxylic acids is 2. The number of aromatic nitrogens is 1. The van der Waals surface area contributed by atoms with E-state index in [0.717, 1.165) is 18.0 Å². The number of nitrogens with zero attached hydrogens (tertiary/aromatic N) is 2. The molecule has 8 nitrogen and oxygen atoms in total. The maximum Gasteiger partial charge on any atom is 0.304 e. The average Bonchev–Trinajstić information content (AvgIpc) is 3.13. The molecule has 1 aliphatic rings. The van der Waals surface area contributed by atoms with Crippen LogP contribution in [0, 0.1) is 0 Å². The molecule has 1 aromatic heterocycles. The zero-order chi connectivity index (χ0) is 24.6. The van der Waals surface area contributed by atoms with Gasteiger partial charge in [0, 0.05) is 37.5 Å². The number of piperidine rings is 1. The highest BCUT2D eigenvalue weighted by Gasteiger charge is 2.38. The number of hydrogen-bond donors (Lipinski definition) is 2. The maximum atomic E-state index is 13.2. The fourth-order valence-corrected chi connectivity index (χ4v) is 6.16. The number of rotatable bonds is 5. The number of fused-ring (bicyclic) bond motifs is 1. The molecule has 1 aliphatic heterocycles. The summed E-state index contributed by atoms with van der Waals surface area (Å²) in [6.45, 7) is 1.30. The third-order valence-electron chi connectivity index (χ3n) is 6.00. The Hall–Kier alpha value is -2.59. The summed E-state index contributed by atoms with van der Waals surface area (Å²) in [5, 5.41) is 4.51. The van der Waals surface area contributed by atoms with Gasteiger partial charge in [0.15, 0.2) is 0 Å². The first-order chi connectivity index (χ1) is 16.1. The van der Waals surface area contributed by atoms with Gasteiger partial charge in [-0.1, -0.05) is 53.5 Å². The van der Waals surface area contributed by atoms with Crippen LogP contribution in [0.1, 0.15) is 41.9 Å². The average molecular weight is 523 g/mol. The number of aryl methyl sites for hydroxylation is 1. The van der Waals surface area contributed by atoms with Crippen molar-refractivity contribution in [2.24, 2.45) is 7.05 Å². The lowest BCUT2D eigenvalue weighted by Gasteiger charge is -2.38. The van der Waals surface area contributed by atoms with Crippen molar-refractivity contribution >= 4 is 56.1 Å². The van der Waals surface area contributed by atoms with E-state index in [1.54, 1.807) is 29.8 Å². The minimum absolute atomic E-state index is 0.143. The Balaban J connectivity index is 1.59. The second-order valence-corrected chi connectivity index (χ2v) is 10.7. The van der Waals surface area contributed by atoms with E-state index in [0.29, 0.717) is 34.0 Å². The molecule has 3 aromatic rings. The Kier molecular flexibility index (Phi) is 6.91. The van der Waals surface area contributed by atoms with E-state index in [9.17, 15) is 18.0 Å². The van der Waals surface area contributed by atoms with Crippen molar-refractivity contribution in [3.63, 3.8) is 0 Å². The molecule has 0 radical (unpaired) electrons. The molecule has 2 amide bonds. The van der Waals surface area contributed by atoms with E-state index >= 15 is 0 Å². The number of amides is 2. The van der Waals surface area contributed by atoms with Gasteiger partial charge < -0.3 is 9.88 Å². The fraction of sp³-hybridized carbons (Fsp3) is 0.304. The van der Waals surface area contributed by atoms with Gasteiger partial charge in [0.25, 0.3) is 5.91 Å². The summed E-state index contributed by atoms with van der Waals surface area (Å²) in [6, 6.07) is 13.5. The zero-order valence-electron chi connectivity index (χ0n) is 18.6. The van der Waals surface area contributed by atoms with Crippen molar-refractivity contribution in [2.45, 2.75) is 31.8 Å². The second-order valence-electron chi connectivity index (χ2n) is 8.28. The summed E-state index contributed by atoms with van der Waals surface area (Å²) in [7, 11) is -2.25. The SMILES string of the molecule is CC(=O)NS(=O)(=O)N1CCC(NC(=O)c2cc3c(Cl)c(Cl)ccc3n2C)CC1c1ccccc1. The normalized spacial score (nSPS) is 19.2. The van der Waals surface area contributed by atoms with E-state index in [4.69, 9.17) is 23.2 Å². The van der Waals surface area contributed by atoms with E-state index in [2.05, 4.69) is 5.32 Å². The van der Waals surface area contributed by atoms with Gasteiger partial charge in [0.05, 0.1) is 16.1 Å². The lowest BCUT2D eigenvalue weighted by molar-refractivity contribution is -0.117. The number of halogens is 2. The summed E-state index contributed by atoms with van der Waals surface area (Å²) in [5.41, 5.74) is 1.98. The minimum atomic E-state index is -4.03. The number of carbonyl (C=O) groups is 2. The van der Waals surface area contributed by atoms with Crippen LogP contribution in [-0.4, -0.2) is 41.7 Å². The molecule has 0 saturated carbocycles. The Morgan fingerprint density at radius 3 is 2.47 bits per heavy atom. The van der Waals surface area contributed by atoms with Gasteiger partial charge >= 0.3 is 10.2 Å². The summed E-state index contributed by atoms with van der Waals surface area (Å²) >= 11 is 12.4. The molecule has 2 atom stereocenters. The van der Waals surface area contributed by atoms with E-state index < -0.39 is 22.2 Å². The number of hydrogen-bond acceptors (Lipinski definition) is 4. The first-order valence-corrected chi connectivity index (χ1v) is 12.9. The van der Waals surface area contributed by atoms with Gasteiger partial charge in [-0.3, -0.25) is 9.59 Å². The van der Waals surface area contributed by atoms with Crippen molar-refractivity contribution in [3.05, 3.63) is 69.8 Å². The molecule has 34 heavy (non-hydrogen) atoms. The molecular weight excluding hydrogens is 499 g/mol. The molecule has 4 rings (SSSR count). The van der Waals surface area contributed by atoms with Crippen LogP contribution in [0.4, 0.5) is 0 Å².